The minimum absolute atomic E-state index is 0.000340. The van der Waals surface area contributed by atoms with Crippen LogP contribution in [0, 0.1) is 6.92 Å². The summed E-state index contributed by atoms with van der Waals surface area (Å²) in [7, 11) is -1.88. The van der Waals surface area contributed by atoms with E-state index in [0.717, 1.165) is 57.4 Å². The molecule has 2 saturated heterocycles. The second-order valence-electron chi connectivity index (χ2n) is 8.99. The lowest BCUT2D eigenvalue weighted by Gasteiger charge is -2.41. The molecule has 8 heteroatoms. The van der Waals surface area contributed by atoms with Crippen LogP contribution in [0.25, 0.3) is 0 Å². The second-order valence-corrected chi connectivity index (χ2v) is 10.7. The van der Waals surface area contributed by atoms with E-state index in [0.29, 0.717) is 23.4 Å². The zero-order valence-electron chi connectivity index (χ0n) is 19.4. The molecule has 2 aromatic rings. The van der Waals surface area contributed by atoms with Crippen molar-refractivity contribution in [3.63, 3.8) is 0 Å². The predicted molar refractivity (Wildman–Crippen MR) is 129 cm³/mol. The molecule has 0 unspecified atom stereocenters. The number of hydrogen-bond acceptors (Lipinski definition) is 5. The Morgan fingerprint density at radius 3 is 2.24 bits per heavy atom. The van der Waals surface area contributed by atoms with Gasteiger partial charge in [-0.25, -0.2) is 8.42 Å². The molecule has 2 heterocycles. The van der Waals surface area contributed by atoms with E-state index in [9.17, 15) is 13.2 Å². The van der Waals surface area contributed by atoms with E-state index in [1.54, 1.807) is 49.6 Å². The van der Waals surface area contributed by atoms with Gasteiger partial charge < -0.3 is 14.5 Å². The van der Waals surface area contributed by atoms with Gasteiger partial charge in [0.15, 0.2) is 0 Å². The van der Waals surface area contributed by atoms with Crippen molar-refractivity contribution in [3.8, 4) is 0 Å². The molecule has 1 amide bonds. The maximum Gasteiger partial charge on any atom is 0.261 e. The van der Waals surface area contributed by atoms with Gasteiger partial charge in [0.2, 0.25) is 0 Å². The number of benzene rings is 2. The Balaban J connectivity index is 1.32. The Morgan fingerprint density at radius 1 is 0.970 bits per heavy atom. The van der Waals surface area contributed by atoms with Gasteiger partial charge in [-0.3, -0.25) is 9.52 Å². The number of ether oxygens (including phenoxy) is 1. The van der Waals surface area contributed by atoms with Gasteiger partial charge in [-0.15, -0.1) is 0 Å². The summed E-state index contributed by atoms with van der Waals surface area (Å²) in [5.74, 6) is -0.000340. The first-order chi connectivity index (χ1) is 15.9. The van der Waals surface area contributed by atoms with Crippen LogP contribution >= 0.6 is 0 Å². The first kappa shape index (κ1) is 23.7. The average molecular weight is 472 g/mol. The van der Waals surface area contributed by atoms with Crippen LogP contribution in [0.4, 0.5) is 5.69 Å². The second kappa shape index (κ2) is 10.2. The van der Waals surface area contributed by atoms with E-state index in [1.165, 1.54) is 0 Å². The molecule has 0 aliphatic carbocycles. The number of aryl methyl sites for hydroxylation is 1. The van der Waals surface area contributed by atoms with Crippen molar-refractivity contribution in [2.24, 2.45) is 0 Å². The third-order valence-electron chi connectivity index (χ3n) is 6.76. The molecular formula is C25H33N3O4S. The summed E-state index contributed by atoms with van der Waals surface area (Å²) in [6, 6.07) is 14.0. The van der Waals surface area contributed by atoms with E-state index in [2.05, 4.69) is 9.62 Å². The topological polar surface area (TPSA) is 79.0 Å². The maximum atomic E-state index is 13.0. The van der Waals surface area contributed by atoms with Gasteiger partial charge >= 0.3 is 0 Å². The van der Waals surface area contributed by atoms with Gasteiger partial charge in [-0.1, -0.05) is 12.1 Å². The van der Waals surface area contributed by atoms with Crippen molar-refractivity contribution in [2.45, 2.75) is 49.6 Å². The Hall–Kier alpha value is -2.42. The number of anilines is 1. The summed E-state index contributed by atoms with van der Waals surface area (Å²) >= 11 is 0. The van der Waals surface area contributed by atoms with Crippen molar-refractivity contribution in [3.05, 3.63) is 59.7 Å². The highest BCUT2D eigenvalue weighted by Crippen LogP contribution is 2.24. The van der Waals surface area contributed by atoms with Crippen LogP contribution in [-0.4, -0.2) is 69.6 Å². The van der Waals surface area contributed by atoms with E-state index in [1.807, 2.05) is 17.9 Å². The molecule has 0 radical (unpaired) electrons. The molecule has 0 aromatic heterocycles. The van der Waals surface area contributed by atoms with Crippen molar-refractivity contribution in [1.82, 2.24) is 9.80 Å². The van der Waals surface area contributed by atoms with Crippen LogP contribution in [0.15, 0.2) is 53.4 Å². The number of hydrogen-bond donors (Lipinski definition) is 1. The highest BCUT2D eigenvalue weighted by molar-refractivity contribution is 7.92. The summed E-state index contributed by atoms with van der Waals surface area (Å²) in [5, 5.41) is 0. The van der Waals surface area contributed by atoms with Crippen LogP contribution in [-0.2, 0) is 14.8 Å². The molecule has 2 fully saturated rings. The normalized spacial score (nSPS) is 18.9. The molecule has 0 spiro atoms. The van der Waals surface area contributed by atoms with E-state index in [-0.39, 0.29) is 10.8 Å². The first-order valence-corrected chi connectivity index (χ1v) is 13.1. The van der Waals surface area contributed by atoms with Crippen LogP contribution in [0.3, 0.4) is 0 Å². The fraction of sp³-hybridized carbons (Fsp3) is 0.480. The highest BCUT2D eigenvalue weighted by Gasteiger charge is 2.30. The number of carbonyl (C=O) groups is 1. The number of likely N-dealkylation sites (tertiary alicyclic amines) is 2. The summed E-state index contributed by atoms with van der Waals surface area (Å²) in [6.07, 6.45) is 4.51. The SMILES string of the molecule is COC1CCN(C2CCN(C(=O)c3ccc(NS(=O)(=O)c4cccc(C)c4)cc3)CC2)CC1. The van der Waals surface area contributed by atoms with E-state index in [4.69, 9.17) is 4.74 Å². The molecule has 0 atom stereocenters. The number of sulfonamides is 1. The minimum atomic E-state index is -3.67. The molecule has 33 heavy (non-hydrogen) atoms. The first-order valence-electron chi connectivity index (χ1n) is 11.6. The molecule has 0 bridgehead atoms. The predicted octanol–water partition coefficient (Wildman–Crippen LogP) is 3.51. The zero-order chi connectivity index (χ0) is 23.4. The lowest BCUT2D eigenvalue weighted by atomic mass is 9.98. The molecule has 178 valence electrons. The van der Waals surface area contributed by atoms with Crippen LogP contribution in [0.1, 0.15) is 41.6 Å². The molecule has 7 nitrogen and oxygen atoms in total. The van der Waals surface area contributed by atoms with Crippen molar-refractivity contribution in [2.75, 3.05) is 38.0 Å². The number of piperidine rings is 2. The molecule has 2 aliphatic rings. The third kappa shape index (κ3) is 5.75. The standard InChI is InChI=1S/C25H33N3O4S/c1-19-4-3-5-24(18-19)33(30,31)26-21-8-6-20(7-9-21)25(29)28-14-10-22(11-15-28)27-16-12-23(32-2)13-17-27/h3-9,18,22-23,26H,10-17H2,1-2H3. The Morgan fingerprint density at radius 2 is 1.64 bits per heavy atom. The Labute approximate surface area is 196 Å². The van der Waals surface area contributed by atoms with Crippen molar-refractivity contribution in [1.29, 1.82) is 0 Å². The van der Waals surface area contributed by atoms with Gasteiger partial charge in [0.25, 0.3) is 15.9 Å². The number of methoxy groups -OCH3 is 1. The minimum Gasteiger partial charge on any atom is -0.381 e. The van der Waals surface area contributed by atoms with Gasteiger partial charge in [-0.05, 0) is 74.6 Å². The van der Waals surface area contributed by atoms with Crippen LogP contribution in [0.2, 0.25) is 0 Å². The molecule has 4 rings (SSSR count). The fourth-order valence-corrected chi connectivity index (χ4v) is 5.93. The fourth-order valence-electron chi connectivity index (χ4n) is 4.77. The number of rotatable bonds is 6. The molecular weight excluding hydrogens is 438 g/mol. The van der Waals surface area contributed by atoms with Gasteiger partial charge in [-0.2, -0.15) is 0 Å². The highest BCUT2D eigenvalue weighted by atomic mass is 32.2. The summed E-state index contributed by atoms with van der Waals surface area (Å²) in [4.78, 5) is 17.7. The number of nitrogens with zero attached hydrogens (tertiary/aromatic N) is 2. The lowest BCUT2D eigenvalue weighted by Crippen LogP contribution is -2.49. The quantitative estimate of drug-likeness (QED) is 0.698. The van der Waals surface area contributed by atoms with E-state index < -0.39 is 10.0 Å². The molecule has 1 N–H and O–H groups in total. The molecule has 2 aromatic carbocycles. The van der Waals surface area contributed by atoms with Crippen LogP contribution < -0.4 is 4.72 Å². The number of carbonyl (C=O) groups excluding carboxylic acids is 1. The van der Waals surface area contributed by atoms with E-state index >= 15 is 0 Å². The summed E-state index contributed by atoms with van der Waals surface area (Å²) in [6.45, 7) is 5.48. The summed E-state index contributed by atoms with van der Waals surface area (Å²) in [5.41, 5.74) is 1.89. The van der Waals surface area contributed by atoms with Crippen molar-refractivity contribution < 1.29 is 17.9 Å². The van der Waals surface area contributed by atoms with Gasteiger partial charge in [0.1, 0.15) is 0 Å². The van der Waals surface area contributed by atoms with Crippen molar-refractivity contribution >= 4 is 21.6 Å². The number of nitrogens with one attached hydrogen (secondary N) is 1. The Kier molecular flexibility index (Phi) is 7.36. The third-order valence-corrected chi connectivity index (χ3v) is 8.14. The average Bonchev–Trinajstić information content (AvgIpc) is 2.84. The van der Waals surface area contributed by atoms with Gasteiger partial charge in [0.05, 0.1) is 11.0 Å². The zero-order valence-corrected chi connectivity index (χ0v) is 20.2. The monoisotopic (exact) mass is 471 g/mol. The Bertz CT molecular complexity index is 1060. The lowest BCUT2D eigenvalue weighted by molar-refractivity contribution is 0.0145. The van der Waals surface area contributed by atoms with Gasteiger partial charge in [0, 0.05) is 50.6 Å². The molecule has 0 saturated carbocycles. The molecule has 2 aliphatic heterocycles. The summed E-state index contributed by atoms with van der Waals surface area (Å²) < 4.78 is 33.3. The number of amides is 1. The largest absolute Gasteiger partial charge is 0.381 e. The smallest absolute Gasteiger partial charge is 0.261 e. The maximum absolute atomic E-state index is 13.0. The van der Waals surface area contributed by atoms with Crippen LogP contribution in [0.5, 0.6) is 0 Å².